The average molecular weight is 278 g/mol. The fourth-order valence-electron chi connectivity index (χ4n) is 1.66. The monoisotopic (exact) mass is 278 g/mol. The van der Waals surface area contributed by atoms with Crippen molar-refractivity contribution >= 4 is 23.4 Å². The van der Waals surface area contributed by atoms with E-state index in [1.54, 1.807) is 0 Å². The number of aromatic nitrogens is 3. The number of rotatable bonds is 3. The van der Waals surface area contributed by atoms with Crippen molar-refractivity contribution in [2.75, 3.05) is 5.32 Å². The molecule has 0 atom stereocenters. The van der Waals surface area contributed by atoms with Gasteiger partial charge in [-0.2, -0.15) is 4.37 Å². The molecule has 19 heavy (non-hydrogen) atoms. The summed E-state index contributed by atoms with van der Waals surface area (Å²) >= 11 is 1.22. The zero-order valence-electron chi connectivity index (χ0n) is 10.9. The Balaban J connectivity index is 2.31. The van der Waals surface area contributed by atoms with Gasteiger partial charge in [0.1, 0.15) is 5.01 Å². The lowest BCUT2D eigenvalue weighted by molar-refractivity contribution is 0.102. The van der Waals surface area contributed by atoms with E-state index in [9.17, 15) is 9.59 Å². The number of pyridine rings is 1. The van der Waals surface area contributed by atoms with E-state index in [4.69, 9.17) is 0 Å². The van der Waals surface area contributed by atoms with Crippen LogP contribution in [0.5, 0.6) is 0 Å². The van der Waals surface area contributed by atoms with Crippen molar-refractivity contribution in [1.29, 1.82) is 0 Å². The van der Waals surface area contributed by atoms with Crippen molar-refractivity contribution in [2.45, 2.75) is 26.7 Å². The van der Waals surface area contributed by atoms with E-state index in [2.05, 4.69) is 19.7 Å². The molecule has 100 valence electrons. The largest absolute Gasteiger partial charge is 0.325 e. The molecule has 0 spiro atoms. The van der Waals surface area contributed by atoms with Gasteiger partial charge in [0.05, 0.1) is 5.56 Å². The van der Waals surface area contributed by atoms with Crippen LogP contribution in [0.3, 0.4) is 0 Å². The summed E-state index contributed by atoms with van der Waals surface area (Å²) in [6, 6.07) is 2.85. The quantitative estimate of drug-likeness (QED) is 0.897. The Morgan fingerprint density at radius 2 is 2.16 bits per heavy atom. The minimum atomic E-state index is -0.322. The summed E-state index contributed by atoms with van der Waals surface area (Å²) in [5.74, 6) is 0.00550. The van der Waals surface area contributed by atoms with Gasteiger partial charge in [0.2, 0.25) is 11.5 Å². The number of hydrogen-bond donors (Lipinski definition) is 2. The van der Waals surface area contributed by atoms with Gasteiger partial charge in [-0.05, 0) is 30.4 Å². The fraction of sp³-hybridized carbons (Fsp3) is 0.333. The van der Waals surface area contributed by atoms with Crippen LogP contribution >= 0.6 is 11.5 Å². The number of H-pyrrole nitrogens is 1. The third kappa shape index (κ3) is 3.05. The Labute approximate surface area is 114 Å². The van der Waals surface area contributed by atoms with Crippen molar-refractivity contribution in [3.05, 3.63) is 38.8 Å². The maximum atomic E-state index is 12.2. The topological polar surface area (TPSA) is 87.7 Å². The summed E-state index contributed by atoms with van der Waals surface area (Å²) in [6.07, 6.45) is 0. The number of nitrogens with one attached hydrogen (secondary N) is 2. The van der Waals surface area contributed by atoms with Crippen molar-refractivity contribution in [2.24, 2.45) is 0 Å². The molecule has 0 aliphatic rings. The Bertz CT molecular complexity index is 660. The summed E-state index contributed by atoms with van der Waals surface area (Å²) in [5.41, 5.74) is 0.821. The molecular weight excluding hydrogens is 264 g/mol. The van der Waals surface area contributed by atoms with Gasteiger partial charge in [-0.15, -0.1) is 0 Å². The van der Waals surface area contributed by atoms with Gasteiger partial charge in [0.15, 0.2) is 0 Å². The molecule has 2 aromatic heterocycles. The molecule has 2 aromatic rings. The SMILES string of the molecule is Cc1nc(NC(=O)c2ccc(=O)[nH]c2C(C)C)ns1. The molecule has 0 aliphatic heterocycles. The number of nitrogens with zero attached hydrogens (tertiary/aromatic N) is 2. The molecule has 7 heteroatoms. The van der Waals surface area contributed by atoms with Crippen molar-refractivity contribution in [1.82, 2.24) is 14.3 Å². The van der Waals surface area contributed by atoms with Gasteiger partial charge < -0.3 is 4.98 Å². The number of carbonyl (C=O) groups is 1. The van der Waals surface area contributed by atoms with Gasteiger partial charge in [-0.25, -0.2) is 4.98 Å². The highest BCUT2D eigenvalue weighted by Gasteiger charge is 2.16. The molecule has 2 rings (SSSR count). The molecule has 0 aromatic carbocycles. The maximum Gasteiger partial charge on any atom is 0.259 e. The second-order valence-corrected chi connectivity index (χ2v) is 5.35. The van der Waals surface area contributed by atoms with Crippen LogP contribution in [0.2, 0.25) is 0 Å². The lowest BCUT2D eigenvalue weighted by Crippen LogP contribution is -2.20. The first-order valence-corrected chi connectivity index (χ1v) is 6.59. The molecule has 0 aliphatic carbocycles. The van der Waals surface area contributed by atoms with E-state index < -0.39 is 0 Å². The molecular formula is C12H14N4O2S. The first kappa shape index (κ1) is 13.4. The van der Waals surface area contributed by atoms with Crippen LogP contribution in [0.25, 0.3) is 0 Å². The highest BCUT2D eigenvalue weighted by atomic mass is 32.1. The number of carbonyl (C=O) groups excluding carboxylic acids is 1. The second-order valence-electron chi connectivity index (χ2n) is 4.40. The Morgan fingerprint density at radius 1 is 1.42 bits per heavy atom. The Kier molecular flexibility index (Phi) is 3.75. The fourth-order valence-corrected chi connectivity index (χ4v) is 2.10. The van der Waals surface area contributed by atoms with E-state index in [0.717, 1.165) is 5.01 Å². The summed E-state index contributed by atoms with van der Waals surface area (Å²) in [5, 5.41) is 3.40. The van der Waals surface area contributed by atoms with E-state index in [1.807, 2.05) is 20.8 Å². The van der Waals surface area contributed by atoms with Crippen LogP contribution in [0.4, 0.5) is 5.95 Å². The first-order valence-electron chi connectivity index (χ1n) is 5.82. The second kappa shape index (κ2) is 5.31. The number of hydrogen-bond acceptors (Lipinski definition) is 5. The molecule has 0 radical (unpaired) electrons. The van der Waals surface area contributed by atoms with E-state index >= 15 is 0 Å². The highest BCUT2D eigenvalue weighted by Crippen LogP contribution is 2.16. The van der Waals surface area contributed by atoms with Gasteiger partial charge in [0.25, 0.3) is 5.91 Å². The molecule has 0 saturated carbocycles. The van der Waals surface area contributed by atoms with Gasteiger partial charge in [-0.1, -0.05) is 13.8 Å². The molecule has 0 saturated heterocycles. The number of anilines is 1. The van der Waals surface area contributed by atoms with E-state index in [-0.39, 0.29) is 23.3 Å². The Morgan fingerprint density at radius 3 is 2.74 bits per heavy atom. The molecule has 6 nitrogen and oxygen atoms in total. The van der Waals surface area contributed by atoms with Crippen LogP contribution in [-0.2, 0) is 0 Å². The van der Waals surface area contributed by atoms with Gasteiger partial charge in [-0.3, -0.25) is 14.9 Å². The Hall–Kier alpha value is -2.02. The minimum Gasteiger partial charge on any atom is -0.325 e. The number of aryl methyl sites for hydroxylation is 1. The van der Waals surface area contributed by atoms with Crippen molar-refractivity contribution in [3.63, 3.8) is 0 Å². The lowest BCUT2D eigenvalue weighted by atomic mass is 10.0. The van der Waals surface area contributed by atoms with Crippen LogP contribution in [0, 0.1) is 6.92 Å². The predicted octanol–water partition coefficient (Wildman–Crippen LogP) is 1.91. The normalized spacial score (nSPS) is 10.7. The third-order valence-corrected chi connectivity index (χ3v) is 3.14. The van der Waals surface area contributed by atoms with Crippen LogP contribution in [0.15, 0.2) is 16.9 Å². The molecule has 2 N–H and O–H groups in total. The molecule has 0 bridgehead atoms. The number of amides is 1. The third-order valence-electron chi connectivity index (χ3n) is 2.52. The summed E-state index contributed by atoms with van der Waals surface area (Å²) in [6.45, 7) is 5.63. The smallest absolute Gasteiger partial charge is 0.259 e. The van der Waals surface area contributed by atoms with Crippen LogP contribution in [-0.4, -0.2) is 20.2 Å². The van der Waals surface area contributed by atoms with Gasteiger partial charge in [0, 0.05) is 11.8 Å². The maximum absolute atomic E-state index is 12.2. The van der Waals surface area contributed by atoms with Crippen molar-refractivity contribution in [3.8, 4) is 0 Å². The molecule has 2 heterocycles. The van der Waals surface area contributed by atoms with Crippen LogP contribution in [0.1, 0.15) is 40.8 Å². The first-order chi connectivity index (χ1) is 8.97. The number of aromatic amines is 1. The average Bonchev–Trinajstić information content (AvgIpc) is 2.74. The van der Waals surface area contributed by atoms with Crippen molar-refractivity contribution < 1.29 is 4.79 Å². The summed E-state index contributed by atoms with van der Waals surface area (Å²) in [4.78, 5) is 30.2. The predicted molar refractivity (Wildman–Crippen MR) is 73.8 cm³/mol. The molecule has 0 fully saturated rings. The summed E-state index contributed by atoms with van der Waals surface area (Å²) in [7, 11) is 0. The molecule has 0 unspecified atom stereocenters. The zero-order valence-corrected chi connectivity index (χ0v) is 11.7. The summed E-state index contributed by atoms with van der Waals surface area (Å²) < 4.78 is 4.00. The van der Waals surface area contributed by atoms with E-state index in [1.165, 1.54) is 23.7 Å². The standard InChI is InChI=1S/C12H14N4O2S/c1-6(2)10-8(4-5-9(17)14-10)11(18)15-12-13-7(3)19-16-12/h4-6H,1-3H3,(H,14,17)(H,15,16,18). The molecule has 1 amide bonds. The van der Waals surface area contributed by atoms with Gasteiger partial charge >= 0.3 is 0 Å². The highest BCUT2D eigenvalue weighted by molar-refractivity contribution is 7.05. The van der Waals surface area contributed by atoms with E-state index in [0.29, 0.717) is 11.3 Å². The van der Waals surface area contributed by atoms with Crippen LogP contribution < -0.4 is 10.9 Å². The lowest BCUT2D eigenvalue weighted by Gasteiger charge is -2.10. The zero-order chi connectivity index (χ0) is 14.0. The minimum absolute atomic E-state index is 0.0415.